The molecule has 0 saturated carbocycles. The van der Waals surface area contributed by atoms with Gasteiger partial charge in [-0.05, 0) is 41.7 Å². The Morgan fingerprint density at radius 2 is 1.51 bits per heavy atom. The fourth-order valence-electron chi connectivity index (χ4n) is 4.42. The van der Waals surface area contributed by atoms with Crippen molar-refractivity contribution in [2.45, 2.75) is 45.7 Å². The second-order valence-electron chi connectivity index (χ2n) is 10.4. The third-order valence-corrected chi connectivity index (χ3v) is 8.22. The summed E-state index contributed by atoms with van der Waals surface area (Å²) in [4.78, 5) is 29.0. The van der Waals surface area contributed by atoms with Crippen molar-refractivity contribution >= 4 is 50.7 Å². The van der Waals surface area contributed by atoms with Gasteiger partial charge in [-0.15, -0.1) is 0 Å². The molecule has 0 aliphatic heterocycles. The van der Waals surface area contributed by atoms with Crippen LogP contribution in [0.2, 0.25) is 10.0 Å². The van der Waals surface area contributed by atoms with Crippen molar-refractivity contribution in [3.8, 4) is 0 Å². The fraction of sp³-hybridized carbons (Fsp3) is 0.355. The van der Waals surface area contributed by atoms with E-state index in [4.69, 9.17) is 23.2 Å². The average molecular weight is 619 g/mol. The smallest absolute Gasteiger partial charge is 0.243 e. The maximum absolute atomic E-state index is 13.8. The largest absolute Gasteiger partial charge is 0.354 e. The Morgan fingerprint density at radius 3 is 2.10 bits per heavy atom. The van der Waals surface area contributed by atoms with Gasteiger partial charge >= 0.3 is 0 Å². The topological polar surface area (TPSA) is 86.8 Å². The Kier molecular flexibility index (Phi) is 12.1. The quantitative estimate of drug-likeness (QED) is 0.242. The van der Waals surface area contributed by atoms with Gasteiger partial charge in [-0.2, -0.15) is 0 Å². The molecule has 3 aromatic rings. The zero-order valence-electron chi connectivity index (χ0n) is 23.6. The number of hydrogen-bond acceptors (Lipinski definition) is 4. The van der Waals surface area contributed by atoms with Gasteiger partial charge in [0.05, 0.1) is 17.0 Å². The second-order valence-corrected chi connectivity index (χ2v) is 13.1. The Morgan fingerprint density at radius 1 is 0.902 bits per heavy atom. The maximum atomic E-state index is 13.8. The molecular weight excluding hydrogens is 581 g/mol. The van der Waals surface area contributed by atoms with Crippen molar-refractivity contribution < 1.29 is 18.0 Å². The summed E-state index contributed by atoms with van der Waals surface area (Å²) < 4.78 is 26.5. The van der Waals surface area contributed by atoms with Gasteiger partial charge in [0.2, 0.25) is 21.8 Å². The van der Waals surface area contributed by atoms with Crippen molar-refractivity contribution in [3.63, 3.8) is 0 Å². The predicted molar refractivity (Wildman–Crippen MR) is 167 cm³/mol. The Hall–Kier alpha value is -3.07. The summed E-state index contributed by atoms with van der Waals surface area (Å²) in [7, 11) is -3.71. The first kappa shape index (κ1) is 32.4. The third kappa shape index (κ3) is 10.1. The van der Waals surface area contributed by atoms with Crippen LogP contribution < -0.4 is 9.62 Å². The number of rotatable bonds is 14. The van der Waals surface area contributed by atoms with Gasteiger partial charge < -0.3 is 10.2 Å². The first-order valence-electron chi connectivity index (χ1n) is 13.5. The average Bonchev–Trinajstić information content (AvgIpc) is 2.93. The standard InChI is InChI=1S/C31H37Cl2N3O4S/c1-23(2)21-34-31(38)29(19-24-11-6-4-7-12-24)35(22-25-13-8-5-9-14-25)30(37)15-10-18-36(41(3,39)40)28-20-26(32)16-17-27(28)33/h4-9,11-14,16-17,20,23,29H,10,15,18-19,21-22H2,1-3H3,(H,34,38). The van der Waals surface area contributed by atoms with Gasteiger partial charge in [0.15, 0.2) is 0 Å². The maximum Gasteiger partial charge on any atom is 0.243 e. The van der Waals surface area contributed by atoms with Gasteiger partial charge in [0, 0.05) is 37.5 Å². The molecule has 0 spiro atoms. The second kappa shape index (κ2) is 15.2. The zero-order chi connectivity index (χ0) is 30.0. The van der Waals surface area contributed by atoms with Gasteiger partial charge in [-0.25, -0.2) is 8.42 Å². The number of sulfonamides is 1. The molecule has 0 aliphatic carbocycles. The molecule has 3 aromatic carbocycles. The van der Waals surface area contributed by atoms with Crippen LogP contribution in [-0.4, -0.2) is 50.5 Å². The Labute approximate surface area is 253 Å². The minimum absolute atomic E-state index is 0.0205. The minimum atomic E-state index is -3.71. The summed E-state index contributed by atoms with van der Waals surface area (Å²) in [6.45, 7) is 4.77. The molecule has 220 valence electrons. The highest BCUT2D eigenvalue weighted by atomic mass is 35.5. The molecule has 0 heterocycles. The van der Waals surface area contributed by atoms with E-state index in [2.05, 4.69) is 5.32 Å². The molecular formula is C31H37Cl2N3O4S. The lowest BCUT2D eigenvalue weighted by Crippen LogP contribution is -2.51. The first-order chi connectivity index (χ1) is 19.5. The van der Waals surface area contributed by atoms with Crippen LogP contribution in [0.5, 0.6) is 0 Å². The molecule has 7 nitrogen and oxygen atoms in total. The number of nitrogens with zero attached hydrogens (tertiary/aromatic N) is 2. The van der Waals surface area contributed by atoms with E-state index in [1.54, 1.807) is 11.0 Å². The van der Waals surface area contributed by atoms with Gasteiger partial charge in [0.1, 0.15) is 6.04 Å². The highest BCUT2D eigenvalue weighted by molar-refractivity contribution is 7.92. The van der Waals surface area contributed by atoms with E-state index in [9.17, 15) is 18.0 Å². The molecule has 10 heteroatoms. The number of nitrogens with one attached hydrogen (secondary N) is 1. The molecule has 0 aromatic heterocycles. The zero-order valence-corrected chi connectivity index (χ0v) is 25.9. The van der Waals surface area contributed by atoms with E-state index in [1.807, 2.05) is 74.5 Å². The van der Waals surface area contributed by atoms with E-state index in [-0.39, 0.29) is 54.4 Å². The van der Waals surface area contributed by atoms with Crippen LogP contribution in [0.15, 0.2) is 78.9 Å². The van der Waals surface area contributed by atoms with Crippen LogP contribution in [-0.2, 0) is 32.6 Å². The molecule has 1 unspecified atom stereocenters. The van der Waals surface area contributed by atoms with Crippen LogP contribution in [0.3, 0.4) is 0 Å². The number of amides is 2. The van der Waals surface area contributed by atoms with Crippen molar-refractivity contribution in [2.75, 3.05) is 23.7 Å². The first-order valence-corrected chi connectivity index (χ1v) is 16.1. The molecule has 1 atom stereocenters. The molecule has 2 amide bonds. The summed E-state index contributed by atoms with van der Waals surface area (Å²) in [6.07, 6.45) is 1.67. The fourth-order valence-corrected chi connectivity index (χ4v) is 5.82. The summed E-state index contributed by atoms with van der Waals surface area (Å²) in [5, 5.41) is 3.59. The van der Waals surface area contributed by atoms with Crippen molar-refractivity contribution in [1.29, 1.82) is 0 Å². The van der Waals surface area contributed by atoms with Gasteiger partial charge in [-0.3, -0.25) is 13.9 Å². The summed E-state index contributed by atoms with van der Waals surface area (Å²) in [6, 6.07) is 23.0. The lowest BCUT2D eigenvalue weighted by Gasteiger charge is -2.32. The highest BCUT2D eigenvalue weighted by Crippen LogP contribution is 2.31. The van der Waals surface area contributed by atoms with Crippen LogP contribution in [0, 0.1) is 5.92 Å². The van der Waals surface area contributed by atoms with Crippen LogP contribution >= 0.6 is 23.2 Å². The van der Waals surface area contributed by atoms with E-state index in [0.29, 0.717) is 18.0 Å². The minimum Gasteiger partial charge on any atom is -0.354 e. The Balaban J connectivity index is 1.87. The molecule has 41 heavy (non-hydrogen) atoms. The van der Waals surface area contributed by atoms with Gasteiger partial charge in [-0.1, -0.05) is 97.7 Å². The number of carbonyl (C=O) groups excluding carboxylic acids is 2. The SMILES string of the molecule is CC(C)CNC(=O)C(Cc1ccccc1)N(Cc1ccccc1)C(=O)CCCN(c1cc(Cl)ccc1Cl)S(C)(=O)=O. The van der Waals surface area contributed by atoms with E-state index in [0.717, 1.165) is 21.7 Å². The van der Waals surface area contributed by atoms with Crippen LogP contribution in [0.4, 0.5) is 5.69 Å². The van der Waals surface area contributed by atoms with Crippen LogP contribution in [0.25, 0.3) is 0 Å². The lowest BCUT2D eigenvalue weighted by atomic mass is 10.0. The number of anilines is 1. The summed E-state index contributed by atoms with van der Waals surface area (Å²) in [5.74, 6) is -0.231. The number of carbonyl (C=O) groups is 2. The number of hydrogen-bond donors (Lipinski definition) is 1. The van der Waals surface area contributed by atoms with E-state index >= 15 is 0 Å². The third-order valence-electron chi connectivity index (χ3n) is 6.48. The van der Waals surface area contributed by atoms with Crippen molar-refractivity contribution in [3.05, 3.63) is 100 Å². The van der Waals surface area contributed by atoms with E-state index < -0.39 is 16.1 Å². The monoisotopic (exact) mass is 617 g/mol. The van der Waals surface area contributed by atoms with Gasteiger partial charge in [0.25, 0.3) is 0 Å². The number of benzene rings is 3. The van der Waals surface area contributed by atoms with E-state index in [1.165, 1.54) is 12.1 Å². The van der Waals surface area contributed by atoms with Crippen molar-refractivity contribution in [1.82, 2.24) is 10.2 Å². The summed E-state index contributed by atoms with van der Waals surface area (Å²) >= 11 is 12.4. The number of halogens is 2. The highest BCUT2D eigenvalue weighted by Gasteiger charge is 2.30. The normalized spacial score (nSPS) is 12.1. The lowest BCUT2D eigenvalue weighted by molar-refractivity contribution is -0.141. The van der Waals surface area contributed by atoms with Crippen molar-refractivity contribution in [2.24, 2.45) is 5.92 Å². The van der Waals surface area contributed by atoms with Crippen LogP contribution in [0.1, 0.15) is 37.8 Å². The molecule has 0 radical (unpaired) electrons. The molecule has 0 aliphatic rings. The predicted octanol–water partition coefficient (Wildman–Crippen LogP) is 5.95. The molecule has 0 saturated heterocycles. The molecule has 0 bridgehead atoms. The molecule has 0 fully saturated rings. The Bertz CT molecular complexity index is 1400. The molecule has 1 N–H and O–H groups in total. The summed E-state index contributed by atoms with van der Waals surface area (Å²) in [5.41, 5.74) is 2.08. The molecule has 3 rings (SSSR count).